The molecule has 2 N–H and O–H groups in total. The number of H-pyrrole nitrogens is 1. The lowest BCUT2D eigenvalue weighted by Gasteiger charge is -2.12. The summed E-state index contributed by atoms with van der Waals surface area (Å²) >= 11 is 5.87. The standard InChI is InChI=1S/C16H10ClF3N2O/c17-10-5-6-12-9(7-10)8-14(21-12)15(23)22-13-4-2-1-3-11(13)16(18,19)20/h1-8,21H,(H,22,23). The minimum Gasteiger partial charge on any atom is -0.351 e. The van der Waals surface area contributed by atoms with Gasteiger partial charge in [0.25, 0.3) is 5.91 Å². The highest BCUT2D eigenvalue weighted by atomic mass is 35.5. The molecular weight excluding hydrogens is 329 g/mol. The molecule has 3 nitrogen and oxygen atoms in total. The number of alkyl halides is 3. The van der Waals surface area contributed by atoms with Crippen molar-refractivity contribution in [3.05, 3.63) is 64.8 Å². The summed E-state index contributed by atoms with van der Waals surface area (Å²) in [4.78, 5) is 15.1. The maximum Gasteiger partial charge on any atom is 0.418 e. The monoisotopic (exact) mass is 338 g/mol. The van der Waals surface area contributed by atoms with E-state index in [9.17, 15) is 18.0 Å². The zero-order valence-electron chi connectivity index (χ0n) is 11.5. The minimum atomic E-state index is -4.54. The zero-order chi connectivity index (χ0) is 16.6. The van der Waals surface area contributed by atoms with Crippen LogP contribution >= 0.6 is 11.6 Å². The SMILES string of the molecule is O=C(Nc1ccccc1C(F)(F)F)c1cc2cc(Cl)ccc2[nH]1. The van der Waals surface area contributed by atoms with Gasteiger partial charge < -0.3 is 10.3 Å². The first-order valence-corrected chi connectivity index (χ1v) is 6.98. The summed E-state index contributed by atoms with van der Waals surface area (Å²) in [5.41, 5.74) is -0.364. The van der Waals surface area contributed by atoms with E-state index >= 15 is 0 Å². The number of benzene rings is 2. The number of carbonyl (C=O) groups excluding carboxylic acids is 1. The van der Waals surface area contributed by atoms with E-state index in [-0.39, 0.29) is 11.4 Å². The highest BCUT2D eigenvalue weighted by Gasteiger charge is 2.33. The molecule has 118 valence electrons. The van der Waals surface area contributed by atoms with Gasteiger partial charge in [-0.25, -0.2) is 0 Å². The Hall–Kier alpha value is -2.47. The maximum atomic E-state index is 12.9. The van der Waals surface area contributed by atoms with Gasteiger partial charge in [0.05, 0.1) is 11.3 Å². The van der Waals surface area contributed by atoms with E-state index in [4.69, 9.17) is 11.6 Å². The van der Waals surface area contributed by atoms with E-state index in [1.54, 1.807) is 18.2 Å². The summed E-state index contributed by atoms with van der Waals surface area (Å²) in [5.74, 6) is -0.658. The number of fused-ring (bicyclic) bond motifs is 1. The van der Waals surface area contributed by atoms with Crippen LogP contribution in [0.2, 0.25) is 5.02 Å². The van der Waals surface area contributed by atoms with Crippen LogP contribution in [-0.4, -0.2) is 10.9 Å². The van der Waals surface area contributed by atoms with Crippen molar-refractivity contribution in [1.29, 1.82) is 0 Å². The van der Waals surface area contributed by atoms with Crippen molar-refractivity contribution in [2.75, 3.05) is 5.32 Å². The minimum absolute atomic E-state index is 0.152. The third-order valence-electron chi connectivity index (χ3n) is 3.31. The topological polar surface area (TPSA) is 44.9 Å². The summed E-state index contributed by atoms with van der Waals surface area (Å²) in [6, 6.07) is 11.4. The normalized spacial score (nSPS) is 11.7. The van der Waals surface area contributed by atoms with Crippen molar-refractivity contribution in [3.8, 4) is 0 Å². The van der Waals surface area contributed by atoms with E-state index in [1.807, 2.05) is 0 Å². The Bertz CT molecular complexity index is 886. The number of para-hydroxylation sites is 1. The van der Waals surface area contributed by atoms with Gasteiger partial charge >= 0.3 is 6.18 Å². The predicted molar refractivity (Wildman–Crippen MR) is 82.7 cm³/mol. The fourth-order valence-electron chi connectivity index (χ4n) is 2.25. The van der Waals surface area contributed by atoms with Gasteiger partial charge in [-0.15, -0.1) is 0 Å². The molecule has 0 saturated heterocycles. The van der Waals surface area contributed by atoms with Crippen molar-refractivity contribution in [2.24, 2.45) is 0 Å². The Labute approximate surface area is 134 Å². The smallest absolute Gasteiger partial charge is 0.351 e. The van der Waals surface area contributed by atoms with Crippen LogP contribution in [0.15, 0.2) is 48.5 Å². The molecule has 1 aromatic heterocycles. The van der Waals surface area contributed by atoms with Crippen molar-refractivity contribution in [1.82, 2.24) is 4.98 Å². The number of rotatable bonds is 2. The highest BCUT2D eigenvalue weighted by molar-refractivity contribution is 6.31. The lowest BCUT2D eigenvalue weighted by atomic mass is 10.1. The van der Waals surface area contributed by atoms with Crippen molar-refractivity contribution in [3.63, 3.8) is 0 Å². The van der Waals surface area contributed by atoms with Gasteiger partial charge in [-0.2, -0.15) is 13.2 Å². The van der Waals surface area contributed by atoms with Crippen LogP contribution in [-0.2, 0) is 6.18 Å². The number of hydrogen-bond acceptors (Lipinski definition) is 1. The van der Waals surface area contributed by atoms with Crippen LogP contribution in [0.4, 0.5) is 18.9 Å². The lowest BCUT2D eigenvalue weighted by molar-refractivity contribution is -0.136. The first-order chi connectivity index (χ1) is 10.8. The summed E-state index contributed by atoms with van der Waals surface area (Å²) in [6.45, 7) is 0. The number of carbonyl (C=O) groups is 1. The maximum absolute atomic E-state index is 12.9. The molecule has 0 fully saturated rings. The number of nitrogens with one attached hydrogen (secondary N) is 2. The zero-order valence-corrected chi connectivity index (χ0v) is 12.3. The molecule has 1 heterocycles. The van der Waals surface area contributed by atoms with Gasteiger partial charge in [0.2, 0.25) is 0 Å². The summed E-state index contributed by atoms with van der Waals surface area (Å²) in [7, 11) is 0. The Kier molecular flexibility index (Phi) is 3.77. The fraction of sp³-hybridized carbons (Fsp3) is 0.0625. The molecule has 0 saturated carbocycles. The second kappa shape index (κ2) is 5.62. The van der Waals surface area contributed by atoms with E-state index in [0.717, 1.165) is 6.07 Å². The fourth-order valence-corrected chi connectivity index (χ4v) is 2.44. The van der Waals surface area contributed by atoms with Crippen LogP contribution in [0.5, 0.6) is 0 Å². The second-order valence-electron chi connectivity index (χ2n) is 4.91. The molecule has 0 unspecified atom stereocenters. The molecule has 0 aliphatic rings. The molecule has 0 bridgehead atoms. The summed E-state index contributed by atoms with van der Waals surface area (Å²) in [5, 5.41) is 3.49. The third-order valence-corrected chi connectivity index (χ3v) is 3.54. The average molecular weight is 339 g/mol. The predicted octanol–water partition coefficient (Wildman–Crippen LogP) is 5.09. The molecule has 1 amide bonds. The van der Waals surface area contributed by atoms with E-state index < -0.39 is 17.6 Å². The van der Waals surface area contributed by atoms with Crippen LogP contribution in [0, 0.1) is 0 Å². The molecule has 3 aromatic rings. The number of aromatic nitrogens is 1. The van der Waals surface area contributed by atoms with Crippen molar-refractivity contribution in [2.45, 2.75) is 6.18 Å². The first kappa shape index (κ1) is 15.4. The Balaban J connectivity index is 1.92. The molecule has 0 aliphatic carbocycles. The largest absolute Gasteiger partial charge is 0.418 e. The highest BCUT2D eigenvalue weighted by Crippen LogP contribution is 2.34. The van der Waals surface area contributed by atoms with E-state index in [0.29, 0.717) is 15.9 Å². The van der Waals surface area contributed by atoms with E-state index in [2.05, 4.69) is 10.3 Å². The molecule has 23 heavy (non-hydrogen) atoms. The number of aromatic amines is 1. The lowest BCUT2D eigenvalue weighted by Crippen LogP contribution is -2.16. The van der Waals surface area contributed by atoms with Crippen LogP contribution < -0.4 is 5.32 Å². The summed E-state index contributed by atoms with van der Waals surface area (Å²) in [6.07, 6.45) is -4.54. The van der Waals surface area contributed by atoms with Gasteiger partial charge in [-0.3, -0.25) is 4.79 Å². The van der Waals surface area contributed by atoms with Crippen LogP contribution in [0.25, 0.3) is 10.9 Å². The Morgan fingerprint density at radius 2 is 1.83 bits per heavy atom. The van der Waals surface area contributed by atoms with Crippen molar-refractivity contribution < 1.29 is 18.0 Å². The first-order valence-electron chi connectivity index (χ1n) is 6.60. The van der Waals surface area contributed by atoms with Crippen LogP contribution in [0.1, 0.15) is 16.1 Å². The Morgan fingerprint density at radius 1 is 1.09 bits per heavy atom. The molecule has 2 aromatic carbocycles. The quantitative estimate of drug-likeness (QED) is 0.671. The van der Waals surface area contributed by atoms with Crippen LogP contribution in [0.3, 0.4) is 0 Å². The molecule has 7 heteroatoms. The summed E-state index contributed by atoms with van der Waals surface area (Å²) < 4.78 is 38.8. The van der Waals surface area contributed by atoms with E-state index in [1.165, 1.54) is 24.3 Å². The number of halogens is 4. The van der Waals surface area contributed by atoms with Gasteiger partial charge in [-0.05, 0) is 36.4 Å². The Morgan fingerprint density at radius 3 is 2.57 bits per heavy atom. The number of hydrogen-bond donors (Lipinski definition) is 2. The number of amides is 1. The second-order valence-corrected chi connectivity index (χ2v) is 5.35. The third kappa shape index (κ3) is 3.17. The van der Waals surface area contributed by atoms with Gasteiger partial charge in [-0.1, -0.05) is 23.7 Å². The molecule has 3 rings (SSSR count). The molecule has 0 spiro atoms. The number of anilines is 1. The molecular formula is C16H10ClF3N2O. The molecule has 0 atom stereocenters. The van der Waals surface area contributed by atoms with Gasteiger partial charge in [0, 0.05) is 15.9 Å². The van der Waals surface area contributed by atoms with Gasteiger partial charge in [0.15, 0.2) is 0 Å². The molecule has 0 aliphatic heterocycles. The van der Waals surface area contributed by atoms with Crippen molar-refractivity contribution >= 4 is 34.1 Å². The molecule has 0 radical (unpaired) electrons. The average Bonchev–Trinajstić information content (AvgIpc) is 2.89. The van der Waals surface area contributed by atoms with Gasteiger partial charge in [0.1, 0.15) is 5.69 Å².